The highest BCUT2D eigenvalue weighted by molar-refractivity contribution is 5.29. The highest BCUT2D eigenvalue weighted by atomic mass is 16.5. The molecule has 0 spiro atoms. The molecule has 0 atom stereocenters. The van der Waals surface area contributed by atoms with Crippen LogP contribution in [0.5, 0.6) is 11.5 Å². The van der Waals surface area contributed by atoms with Crippen LogP contribution in [0.1, 0.15) is 24.8 Å². The van der Waals surface area contributed by atoms with Crippen molar-refractivity contribution in [2.45, 2.75) is 32.0 Å². The van der Waals surface area contributed by atoms with Crippen LogP contribution in [-0.2, 0) is 6.61 Å². The minimum absolute atomic E-state index is 0.130. The van der Waals surface area contributed by atoms with E-state index in [1.54, 1.807) is 18.2 Å². The fourth-order valence-corrected chi connectivity index (χ4v) is 2.15. The van der Waals surface area contributed by atoms with Crippen LogP contribution in [0.4, 0.5) is 0 Å². The Hall–Kier alpha value is -2.29. The lowest BCUT2D eigenvalue weighted by Crippen LogP contribution is -2.24. The third-order valence-electron chi connectivity index (χ3n) is 3.63. The van der Waals surface area contributed by atoms with E-state index in [1.807, 2.05) is 30.3 Å². The average molecular weight is 282 g/mol. The summed E-state index contributed by atoms with van der Waals surface area (Å²) in [5.74, 6) is 1.08. The van der Waals surface area contributed by atoms with Crippen molar-refractivity contribution in [1.82, 2.24) is 0 Å². The van der Waals surface area contributed by atoms with Crippen LogP contribution in [0, 0.1) is 0 Å². The molecule has 0 bridgehead atoms. The minimum atomic E-state index is -0.130. The van der Waals surface area contributed by atoms with Crippen LogP contribution in [0.2, 0.25) is 0 Å². The quantitative estimate of drug-likeness (QED) is 0.841. The summed E-state index contributed by atoms with van der Waals surface area (Å²) in [4.78, 5) is 12.0. The number of hydrogen-bond donors (Lipinski definition) is 0. The molecule has 0 radical (unpaired) electrons. The first kappa shape index (κ1) is 13.7. The van der Waals surface area contributed by atoms with Crippen molar-refractivity contribution in [3.8, 4) is 11.5 Å². The summed E-state index contributed by atoms with van der Waals surface area (Å²) in [6.45, 7) is 0.388. The van der Waals surface area contributed by atoms with Crippen molar-refractivity contribution >= 4 is 0 Å². The van der Waals surface area contributed by atoms with Gasteiger partial charge in [0.2, 0.25) is 5.43 Å². The van der Waals surface area contributed by atoms with Gasteiger partial charge in [-0.2, -0.15) is 0 Å². The third kappa shape index (κ3) is 3.63. The van der Waals surface area contributed by atoms with Gasteiger partial charge < -0.3 is 9.47 Å². The second-order valence-corrected chi connectivity index (χ2v) is 5.24. The molecule has 0 heterocycles. The number of benzene rings is 1. The van der Waals surface area contributed by atoms with Crippen molar-refractivity contribution in [3.63, 3.8) is 0 Å². The topological polar surface area (TPSA) is 35.5 Å². The summed E-state index contributed by atoms with van der Waals surface area (Å²) >= 11 is 0. The first-order valence-electron chi connectivity index (χ1n) is 7.29. The molecule has 0 aliphatic heterocycles. The maximum atomic E-state index is 12.0. The molecule has 21 heavy (non-hydrogen) atoms. The smallest absolute Gasteiger partial charge is 0.220 e. The van der Waals surface area contributed by atoms with E-state index in [0.717, 1.165) is 24.2 Å². The summed E-state index contributed by atoms with van der Waals surface area (Å²) in [5.41, 5.74) is 0.906. The molecule has 3 rings (SSSR count). The van der Waals surface area contributed by atoms with Gasteiger partial charge in [0.15, 0.2) is 5.75 Å². The first-order valence-corrected chi connectivity index (χ1v) is 7.29. The van der Waals surface area contributed by atoms with Crippen LogP contribution in [-0.4, -0.2) is 6.10 Å². The van der Waals surface area contributed by atoms with Gasteiger partial charge >= 0.3 is 0 Å². The van der Waals surface area contributed by atoms with E-state index < -0.39 is 0 Å². The lowest BCUT2D eigenvalue weighted by Gasteiger charge is -2.25. The van der Waals surface area contributed by atoms with Gasteiger partial charge in [0.1, 0.15) is 12.4 Å². The van der Waals surface area contributed by atoms with E-state index in [2.05, 4.69) is 0 Å². The van der Waals surface area contributed by atoms with Gasteiger partial charge in [0.25, 0.3) is 0 Å². The monoisotopic (exact) mass is 282 g/mol. The van der Waals surface area contributed by atoms with Gasteiger partial charge in [0.05, 0.1) is 6.10 Å². The molecule has 0 N–H and O–H groups in total. The summed E-state index contributed by atoms with van der Waals surface area (Å²) in [6, 6.07) is 16.5. The predicted octanol–water partition coefficient (Wildman–Crippen LogP) is 3.56. The summed E-state index contributed by atoms with van der Waals surface area (Å²) in [5, 5.41) is 0. The fourth-order valence-electron chi connectivity index (χ4n) is 2.15. The maximum absolute atomic E-state index is 12.0. The highest BCUT2D eigenvalue weighted by Crippen LogP contribution is 2.24. The molecule has 108 valence electrons. The van der Waals surface area contributed by atoms with Crippen LogP contribution in [0.3, 0.4) is 0 Å². The Morgan fingerprint density at radius 2 is 1.71 bits per heavy atom. The van der Waals surface area contributed by atoms with Gasteiger partial charge in [-0.05, 0) is 49.1 Å². The molecule has 1 aliphatic rings. The Morgan fingerprint density at radius 3 is 2.43 bits per heavy atom. The molecule has 3 nitrogen and oxygen atoms in total. The van der Waals surface area contributed by atoms with Crippen LogP contribution in [0.25, 0.3) is 0 Å². The molecule has 2 aromatic rings. The summed E-state index contributed by atoms with van der Waals surface area (Å²) in [7, 11) is 0. The molecular formula is C18H18O3. The first-order chi connectivity index (χ1) is 10.3. The number of rotatable bonds is 5. The van der Waals surface area contributed by atoms with Gasteiger partial charge in [0, 0.05) is 0 Å². The summed E-state index contributed by atoms with van der Waals surface area (Å²) < 4.78 is 11.4. The van der Waals surface area contributed by atoms with E-state index in [4.69, 9.17) is 9.47 Å². The van der Waals surface area contributed by atoms with Gasteiger partial charge in [-0.1, -0.05) is 30.3 Å². The molecule has 0 saturated heterocycles. The largest absolute Gasteiger partial charge is 0.490 e. The molecule has 0 aromatic heterocycles. The molecule has 0 unspecified atom stereocenters. The molecule has 3 heteroatoms. The molecular weight excluding hydrogens is 264 g/mol. The van der Waals surface area contributed by atoms with Crippen LogP contribution >= 0.6 is 0 Å². The minimum Gasteiger partial charge on any atom is -0.490 e. The van der Waals surface area contributed by atoms with Crippen LogP contribution in [0.15, 0.2) is 59.4 Å². The summed E-state index contributed by atoms with van der Waals surface area (Å²) in [6.07, 6.45) is 3.72. The van der Waals surface area contributed by atoms with Gasteiger partial charge in [-0.25, -0.2) is 0 Å². The van der Waals surface area contributed by atoms with E-state index >= 15 is 0 Å². The average Bonchev–Trinajstić information content (AvgIpc) is 2.64. The highest BCUT2D eigenvalue weighted by Gasteiger charge is 2.18. The van der Waals surface area contributed by atoms with Gasteiger partial charge in [-0.3, -0.25) is 4.79 Å². The fraction of sp³-hybridized carbons (Fsp3) is 0.278. The number of hydrogen-bond acceptors (Lipinski definition) is 3. The van der Waals surface area contributed by atoms with Crippen LogP contribution < -0.4 is 14.9 Å². The molecule has 0 amide bonds. The molecule has 2 aromatic carbocycles. The lowest BCUT2D eigenvalue weighted by molar-refractivity contribution is 0.120. The van der Waals surface area contributed by atoms with E-state index in [1.165, 1.54) is 12.5 Å². The Bertz CT molecular complexity index is 648. The zero-order chi connectivity index (χ0) is 14.5. The van der Waals surface area contributed by atoms with E-state index in [0.29, 0.717) is 18.5 Å². The Labute approximate surface area is 124 Å². The Morgan fingerprint density at radius 1 is 0.952 bits per heavy atom. The van der Waals surface area contributed by atoms with E-state index in [9.17, 15) is 4.79 Å². The SMILES string of the molecule is O=c1ccc(OC2CCC2)ccc1OCc1ccccc1. The normalized spacial score (nSPS) is 14.3. The standard InChI is InChI=1S/C18H18O3/c19-17-11-9-16(21-15-7-4-8-15)10-12-18(17)20-13-14-5-2-1-3-6-14/h1-3,5-6,9-12,15H,4,7-8,13H2. The second-order valence-electron chi connectivity index (χ2n) is 5.24. The maximum Gasteiger partial charge on any atom is 0.220 e. The molecule has 1 fully saturated rings. The van der Waals surface area contributed by atoms with E-state index in [-0.39, 0.29) is 5.43 Å². The molecule has 1 saturated carbocycles. The van der Waals surface area contributed by atoms with Crippen molar-refractivity contribution in [2.75, 3.05) is 0 Å². The third-order valence-corrected chi connectivity index (χ3v) is 3.63. The Kier molecular flexibility index (Phi) is 4.20. The molecule has 1 aliphatic carbocycles. The lowest BCUT2D eigenvalue weighted by atomic mass is 9.96. The van der Waals surface area contributed by atoms with Gasteiger partial charge in [-0.15, -0.1) is 0 Å². The van der Waals surface area contributed by atoms with Crippen molar-refractivity contribution in [3.05, 3.63) is 70.4 Å². The zero-order valence-corrected chi connectivity index (χ0v) is 11.8. The number of ether oxygens (including phenoxy) is 2. The zero-order valence-electron chi connectivity index (χ0n) is 11.8. The van der Waals surface area contributed by atoms with Crippen molar-refractivity contribution in [2.24, 2.45) is 0 Å². The predicted molar refractivity (Wildman–Crippen MR) is 81.8 cm³/mol. The van der Waals surface area contributed by atoms with Crippen molar-refractivity contribution in [1.29, 1.82) is 0 Å². The van der Waals surface area contributed by atoms with Crippen molar-refractivity contribution < 1.29 is 9.47 Å². The Balaban J connectivity index is 1.69. The second kappa shape index (κ2) is 6.44.